The van der Waals surface area contributed by atoms with Gasteiger partial charge in [-0.05, 0) is 95.2 Å². The standard InChI is InChI=1S/C21H21S.C17H22F4O5/c1-16-4-10-19(11-5-16)22(20-12-6-17(2)7-13-20)21-14-8-18(3)9-15-21;1-15(18,19)17(20,21)26-8-12(22)7-25-14(24)16-4-9-2-10(5-16)13(23)11(3-9)6-16/h4-15H,1-3H3;9-12,22H,2-8H2,1H3/q+1;. The van der Waals surface area contributed by atoms with Gasteiger partial charge >= 0.3 is 18.0 Å². The van der Waals surface area contributed by atoms with E-state index < -0.39 is 42.7 Å². The number of Topliss-reactive ketones (excluding diaryl/α,β-unsaturated/α-hetero) is 1. The van der Waals surface area contributed by atoms with Gasteiger partial charge < -0.3 is 14.6 Å². The number of hydrogen-bond donors (Lipinski definition) is 1. The van der Waals surface area contributed by atoms with Crippen LogP contribution >= 0.6 is 0 Å². The first-order chi connectivity index (χ1) is 22.6. The number of alkyl halides is 4. The van der Waals surface area contributed by atoms with E-state index in [0.29, 0.717) is 25.2 Å². The van der Waals surface area contributed by atoms with Crippen LogP contribution in [0.4, 0.5) is 17.6 Å². The first-order valence-electron chi connectivity index (χ1n) is 16.3. The van der Waals surface area contributed by atoms with Crippen LogP contribution in [0, 0.1) is 43.9 Å². The number of esters is 1. The van der Waals surface area contributed by atoms with Crippen LogP contribution in [-0.2, 0) is 30.0 Å². The Bertz CT molecular complexity index is 1440. The molecule has 3 unspecified atom stereocenters. The van der Waals surface area contributed by atoms with Crippen LogP contribution in [-0.4, -0.2) is 48.2 Å². The number of hydrogen-bond acceptors (Lipinski definition) is 5. The molecule has 4 aliphatic rings. The van der Waals surface area contributed by atoms with Gasteiger partial charge in [0.05, 0.1) is 22.9 Å². The quantitative estimate of drug-likeness (QED) is 0.132. The number of ketones is 1. The molecule has 7 rings (SSSR count). The number of carbonyl (C=O) groups excluding carboxylic acids is 2. The Morgan fingerprint density at radius 2 is 1.21 bits per heavy atom. The Labute approximate surface area is 282 Å². The van der Waals surface area contributed by atoms with Gasteiger partial charge in [0.25, 0.3) is 0 Å². The zero-order chi connectivity index (χ0) is 34.9. The van der Waals surface area contributed by atoms with Gasteiger partial charge in [-0.2, -0.15) is 17.6 Å². The summed E-state index contributed by atoms with van der Waals surface area (Å²) in [6.45, 7) is 4.70. The predicted molar refractivity (Wildman–Crippen MR) is 175 cm³/mol. The third-order valence-electron chi connectivity index (χ3n) is 9.57. The summed E-state index contributed by atoms with van der Waals surface area (Å²) >= 11 is 0. The lowest BCUT2D eigenvalue weighted by Gasteiger charge is -2.53. The molecule has 48 heavy (non-hydrogen) atoms. The number of aliphatic hydroxyl groups excluding tert-OH is 1. The first-order valence-corrected chi connectivity index (χ1v) is 17.5. The molecule has 4 saturated carbocycles. The zero-order valence-electron chi connectivity index (χ0n) is 27.7. The number of benzene rings is 3. The molecule has 5 nitrogen and oxygen atoms in total. The minimum Gasteiger partial charge on any atom is -0.462 e. The topological polar surface area (TPSA) is 72.8 Å². The Morgan fingerprint density at radius 3 is 1.60 bits per heavy atom. The predicted octanol–water partition coefficient (Wildman–Crippen LogP) is 8.26. The van der Waals surface area contributed by atoms with E-state index in [0.717, 1.165) is 12.8 Å². The van der Waals surface area contributed by atoms with Crippen molar-refractivity contribution in [1.82, 2.24) is 0 Å². The maximum Gasteiger partial charge on any atom is 0.419 e. The maximum atomic E-state index is 13.0. The average molecular weight is 688 g/mol. The van der Waals surface area contributed by atoms with Crippen LogP contribution in [0.3, 0.4) is 0 Å². The van der Waals surface area contributed by atoms with Crippen molar-refractivity contribution in [2.24, 2.45) is 23.2 Å². The van der Waals surface area contributed by atoms with E-state index >= 15 is 0 Å². The molecule has 0 spiro atoms. The molecule has 258 valence electrons. The van der Waals surface area contributed by atoms with Crippen molar-refractivity contribution in [2.45, 2.75) is 92.6 Å². The van der Waals surface area contributed by atoms with E-state index in [1.807, 2.05) is 0 Å². The first kappa shape index (κ1) is 36.1. The lowest BCUT2D eigenvalue weighted by atomic mass is 9.49. The van der Waals surface area contributed by atoms with E-state index in [-0.39, 0.29) is 35.4 Å². The molecule has 0 aromatic heterocycles. The fourth-order valence-electron chi connectivity index (χ4n) is 7.13. The lowest BCUT2D eigenvalue weighted by molar-refractivity contribution is -0.346. The van der Waals surface area contributed by atoms with Crippen molar-refractivity contribution in [3.05, 3.63) is 89.5 Å². The molecule has 3 aromatic rings. The molecule has 0 heterocycles. The molecule has 10 heteroatoms. The van der Waals surface area contributed by atoms with Crippen LogP contribution in [0.1, 0.15) is 55.7 Å². The van der Waals surface area contributed by atoms with Crippen LogP contribution in [0.2, 0.25) is 0 Å². The van der Waals surface area contributed by atoms with Crippen molar-refractivity contribution in [3.8, 4) is 0 Å². The van der Waals surface area contributed by atoms with Gasteiger partial charge in [-0.1, -0.05) is 53.1 Å². The number of aliphatic hydroxyl groups is 1. The summed E-state index contributed by atoms with van der Waals surface area (Å²) in [4.78, 5) is 28.8. The Hall–Kier alpha value is -3.21. The summed E-state index contributed by atoms with van der Waals surface area (Å²) in [5, 5.41) is 9.62. The van der Waals surface area contributed by atoms with Gasteiger partial charge in [-0.15, -0.1) is 0 Å². The SMILES string of the molecule is CC(F)(F)C(F)(F)OCC(O)COC(=O)C12CC3CC(C1)C(=O)C(C3)C2.Cc1ccc([S+](c2ccc(C)cc2)c2ccc(C)cc2)cc1. The number of carbonyl (C=O) groups is 2. The van der Waals surface area contributed by atoms with Crippen LogP contribution in [0.15, 0.2) is 87.5 Å². The van der Waals surface area contributed by atoms with Crippen molar-refractivity contribution >= 4 is 22.6 Å². The van der Waals surface area contributed by atoms with Crippen LogP contribution in [0.25, 0.3) is 0 Å². The normalized spacial score (nSPS) is 23.9. The molecule has 0 amide bonds. The van der Waals surface area contributed by atoms with Gasteiger partial charge in [0, 0.05) is 18.8 Å². The number of aryl methyl sites for hydroxylation is 3. The average Bonchev–Trinajstić information content (AvgIpc) is 3.03. The molecule has 4 aliphatic carbocycles. The highest BCUT2D eigenvalue weighted by Crippen LogP contribution is 2.59. The van der Waals surface area contributed by atoms with Gasteiger partial charge in [0.2, 0.25) is 0 Å². The maximum absolute atomic E-state index is 13.0. The third-order valence-corrected chi connectivity index (χ3v) is 11.8. The highest BCUT2D eigenvalue weighted by atomic mass is 32.2. The fraction of sp³-hybridized carbons (Fsp3) is 0.474. The second-order valence-electron chi connectivity index (χ2n) is 13.7. The third kappa shape index (κ3) is 8.14. The smallest absolute Gasteiger partial charge is 0.419 e. The second-order valence-corrected chi connectivity index (χ2v) is 15.8. The van der Waals surface area contributed by atoms with Gasteiger partial charge in [-0.3, -0.25) is 9.59 Å². The molecule has 4 fully saturated rings. The number of halogens is 4. The van der Waals surface area contributed by atoms with Gasteiger partial charge in [0.1, 0.15) is 18.5 Å². The Morgan fingerprint density at radius 1 is 0.792 bits per heavy atom. The summed E-state index contributed by atoms with van der Waals surface area (Å²) in [6, 6.07) is 26.8. The largest absolute Gasteiger partial charge is 0.462 e. The van der Waals surface area contributed by atoms with Crippen molar-refractivity contribution in [1.29, 1.82) is 0 Å². The summed E-state index contributed by atoms with van der Waals surface area (Å²) in [5.41, 5.74) is 3.16. The number of ether oxygens (including phenoxy) is 2. The van der Waals surface area contributed by atoms with Crippen molar-refractivity contribution in [3.63, 3.8) is 0 Å². The van der Waals surface area contributed by atoms with E-state index in [9.17, 15) is 32.3 Å². The van der Waals surface area contributed by atoms with Crippen LogP contribution < -0.4 is 0 Å². The molecule has 0 radical (unpaired) electrons. The van der Waals surface area contributed by atoms with Crippen LogP contribution in [0.5, 0.6) is 0 Å². The van der Waals surface area contributed by atoms with Gasteiger partial charge in [0.15, 0.2) is 14.7 Å². The zero-order valence-corrected chi connectivity index (χ0v) is 28.5. The van der Waals surface area contributed by atoms with E-state index in [2.05, 4.69) is 98.3 Å². The fourth-order valence-corrected chi connectivity index (χ4v) is 9.17. The summed E-state index contributed by atoms with van der Waals surface area (Å²) in [6.07, 6.45) is -3.32. The Kier molecular flexibility index (Phi) is 10.8. The second kappa shape index (κ2) is 14.3. The van der Waals surface area contributed by atoms with Crippen molar-refractivity contribution < 1.29 is 41.7 Å². The minimum atomic E-state index is -4.72. The molecule has 1 N–H and O–H groups in total. The molecule has 0 aliphatic heterocycles. The number of rotatable bonds is 10. The molecular weight excluding hydrogens is 644 g/mol. The summed E-state index contributed by atoms with van der Waals surface area (Å²) in [5.74, 6) is -4.71. The summed E-state index contributed by atoms with van der Waals surface area (Å²) < 4.78 is 60.2. The monoisotopic (exact) mass is 687 g/mol. The molecular formula is C38H43F4O5S+. The van der Waals surface area contributed by atoms with Crippen molar-refractivity contribution in [2.75, 3.05) is 13.2 Å². The van der Waals surface area contributed by atoms with E-state index in [4.69, 9.17) is 4.74 Å². The summed E-state index contributed by atoms with van der Waals surface area (Å²) in [7, 11) is -0.0394. The highest BCUT2D eigenvalue weighted by Gasteiger charge is 2.59. The van der Waals surface area contributed by atoms with E-state index in [1.165, 1.54) is 31.4 Å². The minimum absolute atomic E-state index is 0.00768. The molecule has 3 aromatic carbocycles. The lowest BCUT2D eigenvalue weighted by Crippen LogP contribution is -2.55. The molecule has 4 bridgehead atoms. The Balaban J connectivity index is 0.000000190. The molecule has 3 atom stereocenters. The van der Waals surface area contributed by atoms with E-state index in [1.54, 1.807) is 0 Å². The molecule has 0 saturated heterocycles. The highest BCUT2D eigenvalue weighted by molar-refractivity contribution is 7.97. The van der Waals surface area contributed by atoms with Gasteiger partial charge in [-0.25, -0.2) is 0 Å².